The van der Waals surface area contributed by atoms with Crippen LogP contribution in [-0.2, 0) is 6.42 Å². The van der Waals surface area contributed by atoms with Gasteiger partial charge in [0.2, 0.25) is 0 Å². The monoisotopic (exact) mass is 175 g/mol. The molecule has 1 aromatic rings. The molecule has 0 atom stereocenters. The van der Waals surface area contributed by atoms with Crippen molar-refractivity contribution in [3.63, 3.8) is 0 Å². The predicted molar refractivity (Wildman–Crippen MR) is 35.2 cm³/mol. The van der Waals surface area contributed by atoms with Gasteiger partial charge in [0.1, 0.15) is 0 Å². The molecular weight excluding hydrogens is 165 g/mol. The molecule has 0 unspecified atom stereocenters. The van der Waals surface area contributed by atoms with Gasteiger partial charge in [-0.25, -0.2) is 0 Å². The molecule has 2 heteroatoms. The van der Waals surface area contributed by atoms with E-state index in [4.69, 9.17) is 0 Å². The van der Waals surface area contributed by atoms with Crippen LogP contribution in [0.3, 0.4) is 0 Å². The zero-order valence-electron chi connectivity index (χ0n) is 4.92. The van der Waals surface area contributed by atoms with Crippen molar-refractivity contribution in [3.05, 3.63) is 16.7 Å². The van der Waals surface area contributed by atoms with Gasteiger partial charge in [-0.2, -0.15) is 0 Å². The van der Waals surface area contributed by atoms with Crippen LogP contribution in [0.5, 0.6) is 0 Å². The summed E-state index contributed by atoms with van der Waals surface area (Å²) in [5.41, 5.74) is 1.30. The van der Waals surface area contributed by atoms with Crippen LogP contribution in [0, 0.1) is 0 Å². The first-order valence-electron chi connectivity index (χ1n) is 2.82. The van der Waals surface area contributed by atoms with E-state index in [0.717, 1.165) is 6.42 Å². The molecule has 1 heterocycles. The average molecular weight is 174 g/mol. The summed E-state index contributed by atoms with van der Waals surface area (Å²) in [6.07, 6.45) is 2.39. The summed E-state index contributed by atoms with van der Waals surface area (Å²) in [5.74, 6) is 0. The predicted octanol–water partition coefficient (Wildman–Crippen LogP) is 1.09. The third-order valence-electron chi connectivity index (χ3n) is 0.997. The third kappa shape index (κ3) is 1.46. The standard InChI is InChI=1S/C6H9NSe/c1-2-3-6-4-5-8-7-6/h4-5H,2-3H2,1H3. The molecule has 44 valence electrons. The molecule has 1 aromatic heterocycles. The molecule has 8 heavy (non-hydrogen) atoms. The quantitative estimate of drug-likeness (QED) is 0.611. The molecule has 0 fully saturated rings. The van der Waals surface area contributed by atoms with E-state index >= 15 is 0 Å². The number of nitrogens with zero attached hydrogens (tertiary/aromatic N) is 1. The molecular formula is C6H9NSe. The number of aromatic nitrogens is 1. The van der Waals surface area contributed by atoms with Gasteiger partial charge in [-0.05, 0) is 0 Å². The molecule has 0 aliphatic heterocycles. The van der Waals surface area contributed by atoms with Gasteiger partial charge in [0.05, 0.1) is 0 Å². The van der Waals surface area contributed by atoms with Crippen LogP contribution >= 0.6 is 0 Å². The van der Waals surface area contributed by atoms with Crippen LogP contribution in [0.2, 0.25) is 0 Å². The van der Waals surface area contributed by atoms with E-state index in [9.17, 15) is 0 Å². The Morgan fingerprint density at radius 1 is 1.75 bits per heavy atom. The topological polar surface area (TPSA) is 12.9 Å². The van der Waals surface area contributed by atoms with E-state index in [2.05, 4.69) is 21.9 Å². The zero-order valence-corrected chi connectivity index (χ0v) is 6.64. The van der Waals surface area contributed by atoms with Crippen molar-refractivity contribution in [1.29, 1.82) is 0 Å². The SMILES string of the molecule is CCCc1cc[se]n1. The Labute approximate surface area is 55.7 Å². The Morgan fingerprint density at radius 3 is 3.12 bits per heavy atom. The molecule has 0 aromatic carbocycles. The van der Waals surface area contributed by atoms with Crippen LogP contribution in [0.4, 0.5) is 0 Å². The van der Waals surface area contributed by atoms with Crippen molar-refractivity contribution in [1.82, 2.24) is 3.98 Å². The van der Waals surface area contributed by atoms with E-state index in [0.29, 0.717) is 14.7 Å². The van der Waals surface area contributed by atoms with E-state index in [1.165, 1.54) is 12.1 Å². The Hall–Kier alpha value is -0.0705. The van der Waals surface area contributed by atoms with Crippen molar-refractivity contribution in [3.8, 4) is 0 Å². The molecule has 1 rings (SSSR count). The van der Waals surface area contributed by atoms with E-state index < -0.39 is 0 Å². The number of hydrogen-bond acceptors (Lipinski definition) is 1. The van der Waals surface area contributed by atoms with E-state index in [1.807, 2.05) is 0 Å². The maximum absolute atomic E-state index is 4.29. The fourth-order valence-electron chi connectivity index (χ4n) is 0.623. The van der Waals surface area contributed by atoms with E-state index in [1.54, 1.807) is 0 Å². The van der Waals surface area contributed by atoms with Gasteiger partial charge in [0.15, 0.2) is 0 Å². The molecule has 0 bridgehead atoms. The Bertz CT molecular complexity index is 134. The van der Waals surface area contributed by atoms with Crippen LogP contribution in [-0.4, -0.2) is 18.7 Å². The minimum absolute atomic E-state index is 0.449. The minimum atomic E-state index is 0.449. The molecule has 0 saturated carbocycles. The van der Waals surface area contributed by atoms with Gasteiger partial charge >= 0.3 is 55.2 Å². The molecule has 0 radical (unpaired) electrons. The zero-order chi connectivity index (χ0) is 5.82. The molecule has 0 saturated heterocycles. The molecule has 0 aliphatic carbocycles. The fraction of sp³-hybridized carbons (Fsp3) is 0.500. The Balaban J connectivity index is 2.50. The third-order valence-corrected chi connectivity index (χ3v) is 2.25. The van der Waals surface area contributed by atoms with Crippen LogP contribution in [0.1, 0.15) is 19.0 Å². The summed E-state index contributed by atoms with van der Waals surface area (Å²) < 4.78 is 4.29. The van der Waals surface area contributed by atoms with E-state index in [-0.39, 0.29) is 0 Å². The second kappa shape index (κ2) is 3.06. The molecule has 1 nitrogen and oxygen atoms in total. The van der Waals surface area contributed by atoms with Gasteiger partial charge < -0.3 is 0 Å². The number of hydrogen-bond donors (Lipinski definition) is 0. The number of aryl methyl sites for hydroxylation is 1. The number of rotatable bonds is 2. The van der Waals surface area contributed by atoms with Gasteiger partial charge in [-0.15, -0.1) is 0 Å². The van der Waals surface area contributed by atoms with Crippen molar-refractivity contribution in [2.24, 2.45) is 0 Å². The summed E-state index contributed by atoms with van der Waals surface area (Å²) in [5, 5.41) is 0. The second-order valence-electron chi connectivity index (χ2n) is 1.74. The van der Waals surface area contributed by atoms with Gasteiger partial charge in [0, 0.05) is 0 Å². The first-order valence-corrected chi connectivity index (χ1v) is 4.58. The average Bonchev–Trinajstić information content (AvgIpc) is 2.19. The normalized spacial score (nSPS) is 9.62. The Morgan fingerprint density at radius 2 is 2.62 bits per heavy atom. The van der Waals surface area contributed by atoms with Crippen LogP contribution < -0.4 is 0 Å². The molecule has 0 spiro atoms. The second-order valence-corrected chi connectivity index (χ2v) is 3.14. The van der Waals surface area contributed by atoms with Gasteiger partial charge in [-0.1, -0.05) is 0 Å². The maximum atomic E-state index is 4.29. The summed E-state index contributed by atoms with van der Waals surface area (Å²) >= 11 is 0.449. The summed E-state index contributed by atoms with van der Waals surface area (Å²) in [6, 6.07) is 2.14. The van der Waals surface area contributed by atoms with Crippen molar-refractivity contribution in [2.75, 3.05) is 0 Å². The van der Waals surface area contributed by atoms with Gasteiger partial charge in [-0.3, -0.25) is 0 Å². The summed E-state index contributed by atoms with van der Waals surface area (Å²) in [7, 11) is 0. The Kier molecular flexibility index (Phi) is 2.31. The van der Waals surface area contributed by atoms with Crippen molar-refractivity contribution in [2.45, 2.75) is 19.8 Å². The van der Waals surface area contributed by atoms with Crippen molar-refractivity contribution < 1.29 is 0 Å². The summed E-state index contributed by atoms with van der Waals surface area (Å²) in [4.78, 5) is 2.16. The molecule has 0 aliphatic rings. The van der Waals surface area contributed by atoms with Crippen LogP contribution in [0.25, 0.3) is 0 Å². The van der Waals surface area contributed by atoms with Crippen molar-refractivity contribution >= 4 is 14.7 Å². The summed E-state index contributed by atoms with van der Waals surface area (Å²) in [6.45, 7) is 2.18. The fourth-order valence-corrected chi connectivity index (χ4v) is 1.81. The van der Waals surface area contributed by atoms with Gasteiger partial charge in [0.25, 0.3) is 0 Å². The van der Waals surface area contributed by atoms with Crippen LogP contribution in [0.15, 0.2) is 11.0 Å². The first-order chi connectivity index (χ1) is 3.93. The first kappa shape index (κ1) is 6.06. The molecule has 0 N–H and O–H groups in total. The molecule has 0 amide bonds.